The van der Waals surface area contributed by atoms with E-state index < -0.39 is 0 Å². The van der Waals surface area contributed by atoms with Crippen molar-refractivity contribution in [1.29, 1.82) is 0 Å². The van der Waals surface area contributed by atoms with Crippen molar-refractivity contribution in [3.8, 4) is 11.5 Å². The maximum Gasteiger partial charge on any atom is 0.322 e. The fourth-order valence-electron chi connectivity index (χ4n) is 3.81. The molecular formula is C23H25N3O3. The van der Waals surface area contributed by atoms with E-state index >= 15 is 0 Å². The van der Waals surface area contributed by atoms with Gasteiger partial charge < -0.3 is 24.3 Å². The molecule has 0 saturated heterocycles. The molecule has 1 aliphatic rings. The molecule has 1 atom stereocenters. The predicted molar refractivity (Wildman–Crippen MR) is 113 cm³/mol. The number of ether oxygens (including phenoxy) is 2. The average molecular weight is 391 g/mol. The number of rotatable bonds is 4. The van der Waals surface area contributed by atoms with Crippen LogP contribution in [0.2, 0.25) is 0 Å². The number of methoxy groups -OCH3 is 2. The highest BCUT2D eigenvalue weighted by molar-refractivity contribution is 5.90. The Hall–Kier alpha value is -3.41. The van der Waals surface area contributed by atoms with Crippen LogP contribution in [-0.2, 0) is 6.54 Å². The van der Waals surface area contributed by atoms with Gasteiger partial charge in [0, 0.05) is 30.7 Å². The van der Waals surface area contributed by atoms with Crippen molar-refractivity contribution in [3.05, 3.63) is 77.6 Å². The van der Waals surface area contributed by atoms with E-state index in [1.54, 1.807) is 14.2 Å². The molecule has 29 heavy (non-hydrogen) atoms. The minimum Gasteiger partial charge on any atom is -0.493 e. The number of benzene rings is 2. The molecule has 0 spiro atoms. The number of nitrogens with zero attached hydrogens (tertiary/aromatic N) is 2. The molecule has 0 unspecified atom stereocenters. The Kier molecular flexibility index (Phi) is 5.16. The Morgan fingerprint density at radius 2 is 1.76 bits per heavy atom. The van der Waals surface area contributed by atoms with Crippen LogP contribution in [0.4, 0.5) is 10.5 Å². The lowest BCUT2D eigenvalue weighted by molar-refractivity contribution is 0.181. The van der Waals surface area contributed by atoms with Gasteiger partial charge in [-0.25, -0.2) is 4.79 Å². The predicted octanol–water partition coefficient (Wildman–Crippen LogP) is 4.45. The van der Waals surface area contributed by atoms with Gasteiger partial charge in [0.25, 0.3) is 0 Å². The van der Waals surface area contributed by atoms with Gasteiger partial charge >= 0.3 is 6.03 Å². The molecule has 6 nitrogen and oxygen atoms in total. The number of hydrogen-bond acceptors (Lipinski definition) is 3. The second-order valence-corrected chi connectivity index (χ2v) is 7.13. The van der Waals surface area contributed by atoms with E-state index in [-0.39, 0.29) is 12.1 Å². The molecular weight excluding hydrogens is 366 g/mol. The Labute approximate surface area is 170 Å². The molecule has 0 fully saturated rings. The fraction of sp³-hybridized carbons (Fsp3) is 0.261. The molecule has 3 aromatic rings. The van der Waals surface area contributed by atoms with E-state index in [0.29, 0.717) is 18.0 Å². The van der Waals surface area contributed by atoms with Gasteiger partial charge in [-0.2, -0.15) is 0 Å². The number of urea groups is 1. The van der Waals surface area contributed by atoms with Gasteiger partial charge in [-0.15, -0.1) is 0 Å². The second kappa shape index (κ2) is 7.91. The van der Waals surface area contributed by atoms with Gasteiger partial charge in [0.1, 0.15) is 0 Å². The van der Waals surface area contributed by atoms with E-state index in [4.69, 9.17) is 9.47 Å². The van der Waals surface area contributed by atoms with E-state index in [9.17, 15) is 4.79 Å². The topological polar surface area (TPSA) is 55.7 Å². The number of nitrogens with one attached hydrogen (secondary N) is 1. The summed E-state index contributed by atoms with van der Waals surface area (Å²) < 4.78 is 13.1. The minimum atomic E-state index is -0.219. The van der Waals surface area contributed by atoms with Crippen LogP contribution >= 0.6 is 0 Å². The summed E-state index contributed by atoms with van der Waals surface area (Å²) in [6.45, 7) is 3.39. The second-order valence-electron chi connectivity index (χ2n) is 7.13. The van der Waals surface area contributed by atoms with Gasteiger partial charge in [0.2, 0.25) is 0 Å². The van der Waals surface area contributed by atoms with Crippen LogP contribution in [0.25, 0.3) is 0 Å². The molecule has 2 aromatic carbocycles. The molecule has 0 saturated carbocycles. The summed E-state index contributed by atoms with van der Waals surface area (Å²) in [7, 11) is 3.23. The van der Waals surface area contributed by atoms with E-state index in [1.165, 1.54) is 0 Å². The number of fused-ring (bicyclic) bond motifs is 1. The highest BCUT2D eigenvalue weighted by Crippen LogP contribution is 2.37. The zero-order valence-corrected chi connectivity index (χ0v) is 16.9. The fourth-order valence-corrected chi connectivity index (χ4v) is 3.81. The molecule has 150 valence electrons. The Morgan fingerprint density at radius 1 is 1.00 bits per heavy atom. The highest BCUT2D eigenvalue weighted by atomic mass is 16.5. The van der Waals surface area contributed by atoms with Gasteiger partial charge in [0.15, 0.2) is 11.5 Å². The zero-order chi connectivity index (χ0) is 20.4. The monoisotopic (exact) mass is 391 g/mol. The van der Waals surface area contributed by atoms with Gasteiger partial charge in [-0.05, 0) is 48.9 Å². The van der Waals surface area contributed by atoms with Crippen molar-refractivity contribution in [2.45, 2.75) is 19.5 Å². The quantitative estimate of drug-likeness (QED) is 0.715. The van der Waals surface area contributed by atoms with Crippen molar-refractivity contribution in [3.63, 3.8) is 0 Å². The molecule has 1 aromatic heterocycles. The summed E-state index contributed by atoms with van der Waals surface area (Å²) in [6, 6.07) is 17.4. The summed E-state index contributed by atoms with van der Waals surface area (Å²) >= 11 is 0. The molecule has 0 aliphatic carbocycles. The van der Waals surface area contributed by atoms with Crippen LogP contribution in [0.1, 0.15) is 22.9 Å². The molecule has 0 bridgehead atoms. The maximum atomic E-state index is 13.2. The Morgan fingerprint density at radius 3 is 2.48 bits per heavy atom. The summed E-state index contributed by atoms with van der Waals surface area (Å²) in [6.07, 6.45) is 2.05. The van der Waals surface area contributed by atoms with Crippen LogP contribution in [0, 0.1) is 6.92 Å². The molecule has 1 N–H and O–H groups in total. The SMILES string of the molecule is COc1ccc([C@@H]2c3cccn3CCN2C(=O)Nc2ccc(C)cc2)cc1OC. The molecule has 2 heterocycles. The van der Waals surface area contributed by atoms with E-state index in [2.05, 4.69) is 22.1 Å². The van der Waals surface area contributed by atoms with Gasteiger partial charge in [-0.3, -0.25) is 0 Å². The van der Waals surface area contributed by atoms with Crippen molar-refractivity contribution in [1.82, 2.24) is 9.47 Å². The smallest absolute Gasteiger partial charge is 0.322 e. The van der Waals surface area contributed by atoms with E-state index in [1.807, 2.05) is 60.4 Å². The van der Waals surface area contributed by atoms with Crippen molar-refractivity contribution in [2.24, 2.45) is 0 Å². The number of aromatic nitrogens is 1. The summed E-state index contributed by atoms with van der Waals surface area (Å²) in [5, 5.41) is 3.03. The van der Waals surface area contributed by atoms with Crippen LogP contribution in [-0.4, -0.2) is 36.3 Å². The first-order chi connectivity index (χ1) is 14.1. The number of aryl methyl sites for hydroxylation is 1. The first-order valence-electron chi connectivity index (χ1n) is 9.62. The molecule has 1 aliphatic heterocycles. The van der Waals surface area contributed by atoms with Crippen LogP contribution in [0.5, 0.6) is 11.5 Å². The third-order valence-corrected chi connectivity index (χ3v) is 5.33. The first kappa shape index (κ1) is 18.9. The maximum absolute atomic E-state index is 13.2. The molecule has 2 amide bonds. The number of carbonyl (C=O) groups excluding carboxylic acids is 1. The van der Waals surface area contributed by atoms with Gasteiger partial charge in [-0.1, -0.05) is 23.8 Å². The molecule has 4 rings (SSSR count). The summed E-state index contributed by atoms with van der Waals surface area (Å²) in [5.74, 6) is 1.31. The molecule has 0 radical (unpaired) electrons. The average Bonchev–Trinajstić information content (AvgIpc) is 3.23. The number of anilines is 1. The largest absolute Gasteiger partial charge is 0.493 e. The lowest BCUT2D eigenvalue weighted by Gasteiger charge is -2.37. The van der Waals surface area contributed by atoms with Crippen LogP contribution in [0.3, 0.4) is 0 Å². The van der Waals surface area contributed by atoms with E-state index in [0.717, 1.165) is 29.1 Å². The first-order valence-corrected chi connectivity index (χ1v) is 9.62. The van der Waals surface area contributed by atoms with Crippen molar-refractivity contribution >= 4 is 11.7 Å². The van der Waals surface area contributed by atoms with Crippen molar-refractivity contribution < 1.29 is 14.3 Å². The third kappa shape index (κ3) is 3.66. The lowest BCUT2D eigenvalue weighted by atomic mass is 9.99. The zero-order valence-electron chi connectivity index (χ0n) is 16.9. The summed E-state index contributed by atoms with van der Waals surface area (Å²) in [5.41, 5.74) is 3.98. The third-order valence-electron chi connectivity index (χ3n) is 5.33. The van der Waals surface area contributed by atoms with Crippen LogP contribution < -0.4 is 14.8 Å². The standard InChI is InChI=1S/C23H25N3O3/c1-16-6-9-18(10-7-16)24-23(27)26-14-13-25-12-4-5-19(25)22(26)17-8-11-20(28-2)21(15-17)29-3/h4-12,15,22H,13-14H2,1-3H3,(H,24,27)/t22-/m1/s1. The number of carbonyl (C=O) groups is 1. The highest BCUT2D eigenvalue weighted by Gasteiger charge is 2.32. The lowest BCUT2D eigenvalue weighted by Crippen LogP contribution is -2.44. The van der Waals surface area contributed by atoms with Crippen LogP contribution in [0.15, 0.2) is 60.8 Å². The number of amides is 2. The normalized spacial score (nSPS) is 15.6. The minimum absolute atomic E-state index is 0.124. The van der Waals surface area contributed by atoms with Crippen molar-refractivity contribution in [2.75, 3.05) is 26.1 Å². The molecule has 6 heteroatoms. The Balaban J connectivity index is 1.69. The number of hydrogen-bond donors (Lipinski definition) is 1. The summed E-state index contributed by atoms with van der Waals surface area (Å²) in [4.78, 5) is 15.1. The van der Waals surface area contributed by atoms with Gasteiger partial charge in [0.05, 0.1) is 20.3 Å². The Bertz CT molecular complexity index is 1010.